The molecule has 1 rings (SSSR count). The van der Waals surface area contributed by atoms with Crippen molar-refractivity contribution < 1.29 is 0 Å². The lowest BCUT2D eigenvalue weighted by Crippen LogP contribution is -2.38. The summed E-state index contributed by atoms with van der Waals surface area (Å²) in [6.07, 6.45) is 5.79. The molecule has 0 aromatic rings. The van der Waals surface area contributed by atoms with Gasteiger partial charge in [0.15, 0.2) is 0 Å². The lowest BCUT2D eigenvalue weighted by molar-refractivity contribution is 0.497. The maximum absolute atomic E-state index is 6.03. The number of hydrogen-bond acceptors (Lipinski definition) is 2. The molecule has 62 valence electrons. The number of rotatable bonds is 1. The third-order valence-corrected chi connectivity index (χ3v) is 2.34. The SMILES string of the molecule is CCC1(N)C=CC(N)=C(C)C1. The zero-order chi connectivity index (χ0) is 8.48. The average Bonchev–Trinajstić information content (AvgIpc) is 1.98. The Kier molecular flexibility index (Phi) is 2.05. The summed E-state index contributed by atoms with van der Waals surface area (Å²) in [6, 6.07) is 0. The zero-order valence-corrected chi connectivity index (χ0v) is 7.22. The first-order valence-corrected chi connectivity index (χ1v) is 4.01. The smallest absolute Gasteiger partial charge is 0.0378 e. The van der Waals surface area contributed by atoms with Crippen molar-refractivity contribution >= 4 is 0 Å². The van der Waals surface area contributed by atoms with Crippen LogP contribution in [0.15, 0.2) is 23.4 Å². The lowest BCUT2D eigenvalue weighted by atomic mass is 9.85. The molecule has 0 heterocycles. The third kappa shape index (κ3) is 1.63. The van der Waals surface area contributed by atoms with Crippen molar-refractivity contribution in [3.05, 3.63) is 23.4 Å². The molecule has 0 aromatic carbocycles. The molecule has 1 aliphatic carbocycles. The van der Waals surface area contributed by atoms with E-state index in [1.165, 1.54) is 5.57 Å². The summed E-state index contributed by atoms with van der Waals surface area (Å²) in [6.45, 7) is 4.13. The second-order valence-corrected chi connectivity index (χ2v) is 3.33. The summed E-state index contributed by atoms with van der Waals surface area (Å²) in [4.78, 5) is 0. The molecule has 2 nitrogen and oxygen atoms in total. The van der Waals surface area contributed by atoms with E-state index in [9.17, 15) is 0 Å². The normalized spacial score (nSPS) is 31.2. The Hall–Kier alpha value is -0.760. The van der Waals surface area contributed by atoms with Crippen LogP contribution in [-0.2, 0) is 0 Å². The van der Waals surface area contributed by atoms with E-state index >= 15 is 0 Å². The van der Waals surface area contributed by atoms with Gasteiger partial charge in [-0.1, -0.05) is 13.0 Å². The van der Waals surface area contributed by atoms with Crippen LogP contribution in [0, 0.1) is 0 Å². The molecule has 0 fully saturated rings. The fraction of sp³-hybridized carbons (Fsp3) is 0.556. The maximum atomic E-state index is 6.03. The molecule has 0 amide bonds. The maximum Gasteiger partial charge on any atom is 0.0378 e. The topological polar surface area (TPSA) is 52.0 Å². The average molecular weight is 152 g/mol. The molecular formula is C9H16N2. The largest absolute Gasteiger partial charge is 0.399 e. The summed E-state index contributed by atoms with van der Waals surface area (Å²) in [5.74, 6) is 0. The van der Waals surface area contributed by atoms with Crippen LogP contribution in [-0.4, -0.2) is 5.54 Å². The summed E-state index contributed by atoms with van der Waals surface area (Å²) in [5.41, 5.74) is 13.7. The van der Waals surface area contributed by atoms with Crippen LogP contribution in [0.25, 0.3) is 0 Å². The van der Waals surface area contributed by atoms with Gasteiger partial charge in [-0.15, -0.1) is 0 Å². The quantitative estimate of drug-likeness (QED) is 0.594. The molecule has 1 aliphatic rings. The van der Waals surface area contributed by atoms with E-state index in [4.69, 9.17) is 11.5 Å². The number of hydrogen-bond donors (Lipinski definition) is 2. The number of nitrogens with two attached hydrogens (primary N) is 2. The van der Waals surface area contributed by atoms with Crippen LogP contribution < -0.4 is 11.5 Å². The van der Waals surface area contributed by atoms with E-state index in [0.717, 1.165) is 18.5 Å². The van der Waals surface area contributed by atoms with Gasteiger partial charge in [0.05, 0.1) is 0 Å². The molecule has 1 atom stereocenters. The minimum Gasteiger partial charge on any atom is -0.399 e. The van der Waals surface area contributed by atoms with E-state index in [0.29, 0.717) is 0 Å². The van der Waals surface area contributed by atoms with E-state index in [2.05, 4.69) is 6.92 Å². The molecule has 2 heteroatoms. The first-order valence-electron chi connectivity index (χ1n) is 4.01. The van der Waals surface area contributed by atoms with Gasteiger partial charge < -0.3 is 11.5 Å². The van der Waals surface area contributed by atoms with Crippen LogP contribution in [0.5, 0.6) is 0 Å². The second-order valence-electron chi connectivity index (χ2n) is 3.33. The Balaban J connectivity index is 2.81. The molecule has 0 radical (unpaired) electrons. The standard InChI is InChI=1S/C9H16N2/c1-3-9(11)5-4-8(10)7(2)6-9/h4-5H,3,6,10-11H2,1-2H3. The van der Waals surface area contributed by atoms with Crippen LogP contribution in [0.1, 0.15) is 26.7 Å². The van der Waals surface area contributed by atoms with Crippen molar-refractivity contribution in [1.82, 2.24) is 0 Å². The van der Waals surface area contributed by atoms with Gasteiger partial charge in [0, 0.05) is 11.2 Å². The molecule has 4 N–H and O–H groups in total. The monoisotopic (exact) mass is 152 g/mol. The lowest BCUT2D eigenvalue weighted by Gasteiger charge is -2.28. The minimum atomic E-state index is -0.146. The molecule has 0 saturated heterocycles. The highest BCUT2D eigenvalue weighted by Gasteiger charge is 2.22. The van der Waals surface area contributed by atoms with Gasteiger partial charge in [0.2, 0.25) is 0 Å². The summed E-state index contributed by atoms with van der Waals surface area (Å²) in [7, 11) is 0. The van der Waals surface area contributed by atoms with E-state index in [1.807, 2.05) is 19.1 Å². The highest BCUT2D eigenvalue weighted by molar-refractivity contribution is 5.31. The van der Waals surface area contributed by atoms with Crippen molar-refractivity contribution in [3.8, 4) is 0 Å². The fourth-order valence-corrected chi connectivity index (χ4v) is 1.30. The molecule has 0 bridgehead atoms. The first kappa shape index (κ1) is 8.34. The Labute approximate surface area is 68.0 Å². The fourth-order valence-electron chi connectivity index (χ4n) is 1.30. The van der Waals surface area contributed by atoms with Crippen molar-refractivity contribution in [2.24, 2.45) is 11.5 Å². The first-order chi connectivity index (χ1) is 5.07. The van der Waals surface area contributed by atoms with Crippen molar-refractivity contribution in [3.63, 3.8) is 0 Å². The summed E-state index contributed by atoms with van der Waals surface area (Å²) < 4.78 is 0. The highest BCUT2D eigenvalue weighted by Crippen LogP contribution is 2.24. The van der Waals surface area contributed by atoms with Crippen molar-refractivity contribution in [1.29, 1.82) is 0 Å². The molecule has 11 heavy (non-hydrogen) atoms. The van der Waals surface area contributed by atoms with E-state index in [-0.39, 0.29) is 5.54 Å². The van der Waals surface area contributed by atoms with E-state index < -0.39 is 0 Å². The molecule has 0 aliphatic heterocycles. The summed E-state index contributed by atoms with van der Waals surface area (Å²) in [5, 5.41) is 0. The van der Waals surface area contributed by atoms with Crippen LogP contribution in [0.3, 0.4) is 0 Å². The van der Waals surface area contributed by atoms with E-state index in [1.54, 1.807) is 0 Å². The summed E-state index contributed by atoms with van der Waals surface area (Å²) >= 11 is 0. The van der Waals surface area contributed by atoms with Crippen LogP contribution >= 0.6 is 0 Å². The minimum absolute atomic E-state index is 0.146. The second kappa shape index (κ2) is 2.70. The molecule has 0 saturated carbocycles. The highest BCUT2D eigenvalue weighted by atomic mass is 14.7. The van der Waals surface area contributed by atoms with Gasteiger partial charge in [-0.2, -0.15) is 0 Å². The number of allylic oxidation sites excluding steroid dienone is 1. The van der Waals surface area contributed by atoms with Crippen molar-refractivity contribution in [2.75, 3.05) is 0 Å². The Morgan fingerprint density at radius 3 is 2.73 bits per heavy atom. The Morgan fingerprint density at radius 1 is 1.64 bits per heavy atom. The van der Waals surface area contributed by atoms with Gasteiger partial charge in [0.1, 0.15) is 0 Å². The van der Waals surface area contributed by atoms with Gasteiger partial charge in [-0.05, 0) is 31.4 Å². The van der Waals surface area contributed by atoms with Gasteiger partial charge in [-0.3, -0.25) is 0 Å². The van der Waals surface area contributed by atoms with Gasteiger partial charge >= 0.3 is 0 Å². The molecule has 1 unspecified atom stereocenters. The van der Waals surface area contributed by atoms with Crippen molar-refractivity contribution in [2.45, 2.75) is 32.2 Å². The third-order valence-electron chi connectivity index (χ3n) is 2.34. The van der Waals surface area contributed by atoms with Crippen LogP contribution in [0.2, 0.25) is 0 Å². The zero-order valence-electron chi connectivity index (χ0n) is 7.22. The van der Waals surface area contributed by atoms with Gasteiger partial charge in [0.25, 0.3) is 0 Å². The van der Waals surface area contributed by atoms with Crippen LogP contribution in [0.4, 0.5) is 0 Å². The van der Waals surface area contributed by atoms with Gasteiger partial charge in [-0.25, -0.2) is 0 Å². The Bertz CT molecular complexity index is 216. The Morgan fingerprint density at radius 2 is 2.27 bits per heavy atom. The predicted molar refractivity (Wildman–Crippen MR) is 47.9 cm³/mol. The molecule has 0 aromatic heterocycles. The predicted octanol–water partition coefficient (Wildman–Crippen LogP) is 1.29. The molecular weight excluding hydrogens is 136 g/mol. The molecule has 0 spiro atoms.